The number of carboxylic acid groups (broad SMARTS) is 1. The highest BCUT2D eigenvalue weighted by Crippen LogP contribution is 2.77. The van der Waals surface area contributed by atoms with Crippen molar-refractivity contribution in [2.75, 3.05) is 0 Å². The van der Waals surface area contributed by atoms with Crippen LogP contribution in [0.4, 0.5) is 0 Å². The number of carbonyl (C=O) groups excluding carboxylic acids is 1. The second-order valence-electron chi connectivity index (χ2n) is 12.0. The molecule has 8 bridgehead atoms. The molecule has 8 rings (SSSR count). The summed E-state index contributed by atoms with van der Waals surface area (Å²) in [5.41, 5.74) is 0.0964. The van der Waals surface area contributed by atoms with Crippen LogP contribution in [0.3, 0.4) is 0 Å². The Morgan fingerprint density at radius 1 is 0.778 bits per heavy atom. The Hall–Kier alpha value is -1.06. The molecule has 4 heteroatoms. The Bertz CT molecular complexity index is 699. The third kappa shape index (κ3) is 2.11. The van der Waals surface area contributed by atoms with Gasteiger partial charge >= 0.3 is 5.97 Å². The zero-order valence-corrected chi connectivity index (χ0v) is 16.6. The summed E-state index contributed by atoms with van der Waals surface area (Å²) in [7, 11) is 0. The summed E-state index contributed by atoms with van der Waals surface area (Å²) >= 11 is 0. The summed E-state index contributed by atoms with van der Waals surface area (Å²) in [5, 5.41) is 13.6. The van der Waals surface area contributed by atoms with Gasteiger partial charge in [0.2, 0.25) is 5.91 Å². The van der Waals surface area contributed by atoms with Gasteiger partial charge in [0.05, 0.1) is 5.41 Å². The maximum atomic E-state index is 12.4. The molecule has 4 nitrogen and oxygen atoms in total. The molecule has 1 amide bonds. The van der Waals surface area contributed by atoms with Crippen molar-refractivity contribution in [2.45, 2.75) is 89.5 Å². The molecule has 8 aliphatic rings. The van der Waals surface area contributed by atoms with Crippen LogP contribution in [0.2, 0.25) is 0 Å². The standard InChI is InChI=1S/C23H33NO3/c1-14(25)24-23-10-17-3-18(11-23)9-22(8-17,13-23)21-6-15-2-16(7-21)5-20(4-15,12-21)19(26)27/h15-18H,2-13H2,1H3,(H,24,25)(H,26,27). The van der Waals surface area contributed by atoms with Crippen molar-refractivity contribution in [2.24, 2.45) is 39.9 Å². The molecule has 0 saturated heterocycles. The molecule has 0 aliphatic heterocycles. The van der Waals surface area contributed by atoms with E-state index >= 15 is 0 Å². The predicted octanol–water partition coefficient (Wildman–Crippen LogP) is 4.13. The van der Waals surface area contributed by atoms with E-state index in [4.69, 9.17) is 0 Å². The van der Waals surface area contributed by atoms with Gasteiger partial charge in [-0.2, -0.15) is 0 Å². The molecule has 0 aromatic heterocycles. The lowest BCUT2D eigenvalue weighted by molar-refractivity contribution is -0.231. The maximum Gasteiger partial charge on any atom is 0.309 e. The van der Waals surface area contributed by atoms with E-state index in [0.29, 0.717) is 11.8 Å². The molecule has 4 unspecified atom stereocenters. The fourth-order valence-electron chi connectivity index (χ4n) is 10.5. The minimum absolute atomic E-state index is 0.00956. The lowest BCUT2D eigenvalue weighted by Crippen LogP contribution is -2.69. The van der Waals surface area contributed by atoms with Gasteiger partial charge in [0.15, 0.2) is 0 Å². The van der Waals surface area contributed by atoms with E-state index < -0.39 is 11.4 Å². The van der Waals surface area contributed by atoms with Gasteiger partial charge in [-0.05, 0) is 112 Å². The fraction of sp³-hybridized carbons (Fsp3) is 0.913. The second-order valence-corrected chi connectivity index (χ2v) is 12.0. The molecule has 4 atom stereocenters. The molecule has 8 aliphatic carbocycles. The van der Waals surface area contributed by atoms with Crippen molar-refractivity contribution in [3.8, 4) is 0 Å². The van der Waals surface area contributed by atoms with Crippen molar-refractivity contribution in [3.63, 3.8) is 0 Å². The van der Waals surface area contributed by atoms with Gasteiger partial charge in [0, 0.05) is 12.5 Å². The molecule has 8 fully saturated rings. The Labute approximate surface area is 161 Å². The Morgan fingerprint density at radius 3 is 1.74 bits per heavy atom. The van der Waals surface area contributed by atoms with Crippen LogP contribution in [-0.4, -0.2) is 22.5 Å². The van der Waals surface area contributed by atoms with Crippen molar-refractivity contribution in [3.05, 3.63) is 0 Å². The Balaban J connectivity index is 1.43. The Morgan fingerprint density at radius 2 is 1.26 bits per heavy atom. The highest BCUT2D eigenvalue weighted by molar-refractivity contribution is 5.75. The average Bonchev–Trinajstić information content (AvgIpc) is 2.50. The third-order valence-electron chi connectivity index (χ3n) is 10.1. The van der Waals surface area contributed by atoms with Crippen LogP contribution >= 0.6 is 0 Å². The van der Waals surface area contributed by atoms with Crippen molar-refractivity contribution < 1.29 is 14.7 Å². The zero-order valence-electron chi connectivity index (χ0n) is 16.6. The minimum atomic E-state index is -0.512. The lowest BCUT2D eigenvalue weighted by Gasteiger charge is -2.73. The largest absolute Gasteiger partial charge is 0.481 e. The summed E-state index contributed by atoms with van der Waals surface area (Å²) in [6, 6.07) is 0. The first-order valence-electron chi connectivity index (χ1n) is 11.3. The van der Waals surface area contributed by atoms with Gasteiger partial charge in [0.25, 0.3) is 0 Å². The van der Waals surface area contributed by atoms with Crippen molar-refractivity contribution in [1.82, 2.24) is 5.32 Å². The summed E-state index contributed by atoms with van der Waals surface area (Å²) in [6.07, 6.45) is 14.0. The van der Waals surface area contributed by atoms with Crippen LogP contribution < -0.4 is 5.32 Å². The van der Waals surface area contributed by atoms with E-state index in [0.717, 1.165) is 50.4 Å². The van der Waals surface area contributed by atoms with Crippen LogP contribution in [-0.2, 0) is 9.59 Å². The van der Waals surface area contributed by atoms with Gasteiger partial charge in [-0.25, -0.2) is 0 Å². The third-order valence-corrected chi connectivity index (χ3v) is 10.1. The van der Waals surface area contributed by atoms with E-state index in [1.807, 2.05) is 0 Å². The summed E-state index contributed by atoms with van der Waals surface area (Å²) in [5.74, 6) is 2.36. The highest BCUT2D eigenvalue weighted by Gasteiger charge is 2.71. The van der Waals surface area contributed by atoms with Gasteiger partial charge in [-0.15, -0.1) is 0 Å². The number of carbonyl (C=O) groups is 2. The smallest absolute Gasteiger partial charge is 0.309 e. The number of aliphatic carboxylic acids is 1. The lowest BCUT2D eigenvalue weighted by atomic mass is 9.32. The highest BCUT2D eigenvalue weighted by atomic mass is 16.4. The second kappa shape index (κ2) is 4.91. The monoisotopic (exact) mass is 371 g/mol. The van der Waals surface area contributed by atoms with Crippen molar-refractivity contribution in [1.29, 1.82) is 0 Å². The van der Waals surface area contributed by atoms with E-state index in [1.165, 1.54) is 38.5 Å². The fourth-order valence-corrected chi connectivity index (χ4v) is 10.5. The predicted molar refractivity (Wildman–Crippen MR) is 101 cm³/mol. The summed E-state index contributed by atoms with van der Waals surface area (Å²) in [6.45, 7) is 1.68. The molecular weight excluding hydrogens is 338 g/mol. The van der Waals surface area contributed by atoms with E-state index in [1.54, 1.807) is 6.92 Å². The van der Waals surface area contributed by atoms with Gasteiger partial charge in [0.1, 0.15) is 0 Å². The number of hydrogen-bond acceptors (Lipinski definition) is 2. The number of carboxylic acids is 1. The van der Waals surface area contributed by atoms with Crippen LogP contribution in [0.15, 0.2) is 0 Å². The molecule has 0 spiro atoms. The average molecular weight is 372 g/mol. The molecule has 0 aromatic rings. The maximum absolute atomic E-state index is 12.4. The number of rotatable bonds is 3. The van der Waals surface area contributed by atoms with Crippen LogP contribution in [0.1, 0.15) is 84.0 Å². The number of amides is 1. The van der Waals surface area contributed by atoms with Gasteiger partial charge in [-0.1, -0.05) is 0 Å². The summed E-state index contributed by atoms with van der Waals surface area (Å²) in [4.78, 5) is 24.4. The SMILES string of the molecule is CC(=O)NC12CC3CC(C1)CC(C14CC5CC(CC(C(=O)O)(C5)C1)C4)(C3)C2. The molecule has 27 heavy (non-hydrogen) atoms. The first kappa shape index (κ1) is 16.9. The van der Waals surface area contributed by atoms with Gasteiger partial charge < -0.3 is 10.4 Å². The molecule has 2 N–H and O–H groups in total. The number of nitrogens with one attached hydrogen (secondary N) is 1. The molecule has 148 valence electrons. The zero-order chi connectivity index (χ0) is 18.7. The van der Waals surface area contributed by atoms with Gasteiger partial charge in [-0.3, -0.25) is 9.59 Å². The van der Waals surface area contributed by atoms with Crippen LogP contribution in [0.5, 0.6) is 0 Å². The molecule has 8 saturated carbocycles. The summed E-state index contributed by atoms with van der Waals surface area (Å²) < 4.78 is 0. The molecule has 0 heterocycles. The first-order chi connectivity index (χ1) is 12.8. The topological polar surface area (TPSA) is 66.4 Å². The molecular formula is C23H33NO3. The number of hydrogen-bond donors (Lipinski definition) is 2. The quantitative estimate of drug-likeness (QED) is 0.784. The normalized spacial score (nSPS) is 57.1. The Kier molecular flexibility index (Phi) is 3.07. The van der Waals surface area contributed by atoms with E-state index in [-0.39, 0.29) is 22.3 Å². The van der Waals surface area contributed by atoms with E-state index in [2.05, 4.69) is 5.32 Å². The first-order valence-corrected chi connectivity index (χ1v) is 11.3. The van der Waals surface area contributed by atoms with Crippen LogP contribution in [0, 0.1) is 39.9 Å². The molecule has 0 radical (unpaired) electrons. The van der Waals surface area contributed by atoms with Crippen molar-refractivity contribution >= 4 is 11.9 Å². The minimum Gasteiger partial charge on any atom is -0.481 e. The molecule has 0 aromatic carbocycles. The van der Waals surface area contributed by atoms with Crippen LogP contribution in [0.25, 0.3) is 0 Å². The van der Waals surface area contributed by atoms with E-state index in [9.17, 15) is 14.7 Å².